The average molecular weight is 321 g/mol. The van der Waals surface area contributed by atoms with Gasteiger partial charge in [0.15, 0.2) is 23.0 Å². The van der Waals surface area contributed by atoms with Crippen LogP contribution >= 0.6 is 0 Å². The van der Waals surface area contributed by atoms with Gasteiger partial charge >= 0.3 is 0 Å². The second-order valence-corrected chi connectivity index (χ2v) is 5.46. The molecule has 1 aliphatic rings. The lowest BCUT2D eigenvalue weighted by atomic mass is 9.96. The molecule has 1 amide bonds. The first-order chi connectivity index (χ1) is 10.8. The van der Waals surface area contributed by atoms with Crippen molar-refractivity contribution >= 4 is 11.7 Å². The van der Waals surface area contributed by atoms with Gasteiger partial charge in [-0.15, -0.1) is 0 Å². The Morgan fingerprint density at radius 2 is 2.04 bits per heavy atom. The number of carbonyl (C=O) groups is 2. The first-order valence-corrected chi connectivity index (χ1v) is 7.08. The number of Topliss-reactive ketones (excluding diaryl/α,β-unsaturated/α-hetero) is 1. The molecule has 7 heteroatoms. The van der Waals surface area contributed by atoms with Gasteiger partial charge in [0.25, 0.3) is 5.91 Å². The first kappa shape index (κ1) is 16.8. The molecule has 0 aromatic heterocycles. The lowest BCUT2D eigenvalue weighted by Crippen LogP contribution is -2.36. The molecule has 0 saturated carbocycles. The van der Waals surface area contributed by atoms with E-state index in [2.05, 4.69) is 0 Å². The Bertz CT molecular complexity index is 679. The van der Waals surface area contributed by atoms with Crippen LogP contribution in [0.1, 0.15) is 25.5 Å². The van der Waals surface area contributed by atoms with Crippen molar-refractivity contribution in [2.24, 2.45) is 0 Å². The number of ether oxygens (including phenoxy) is 1. The Labute approximate surface area is 133 Å². The summed E-state index contributed by atoms with van der Waals surface area (Å²) in [7, 11) is 1.38. The standard InChI is InChI=1S/C16H19NO6/c1-8(18)7-17-14(13(9(2)19)15(21)16(17)22)10-4-5-11(20)12(6-10)23-3/h4-6,8,14,18,20-21H,7H2,1-3H3/t8-,14-/m0/s1. The second kappa shape index (κ2) is 6.29. The summed E-state index contributed by atoms with van der Waals surface area (Å²) in [6.45, 7) is 2.72. The Hall–Kier alpha value is -2.54. The molecule has 0 bridgehead atoms. The van der Waals surface area contributed by atoms with E-state index < -0.39 is 29.6 Å². The second-order valence-electron chi connectivity index (χ2n) is 5.46. The van der Waals surface area contributed by atoms with Gasteiger partial charge in [-0.2, -0.15) is 0 Å². The lowest BCUT2D eigenvalue weighted by Gasteiger charge is -2.27. The molecule has 124 valence electrons. The molecule has 0 fully saturated rings. The van der Waals surface area contributed by atoms with Crippen LogP contribution in [0.5, 0.6) is 11.5 Å². The molecule has 2 rings (SSSR count). The molecule has 0 saturated heterocycles. The maximum Gasteiger partial charge on any atom is 0.290 e. The molecule has 7 nitrogen and oxygen atoms in total. The summed E-state index contributed by atoms with van der Waals surface area (Å²) in [6.07, 6.45) is -0.834. The minimum atomic E-state index is -0.843. The fraction of sp³-hybridized carbons (Fsp3) is 0.375. The molecular weight excluding hydrogens is 302 g/mol. The molecule has 1 heterocycles. The number of aliphatic hydroxyl groups is 2. The van der Waals surface area contributed by atoms with Crippen LogP contribution in [-0.2, 0) is 9.59 Å². The third-order valence-corrected chi connectivity index (χ3v) is 3.66. The van der Waals surface area contributed by atoms with Crippen molar-refractivity contribution in [3.8, 4) is 11.5 Å². The van der Waals surface area contributed by atoms with Crippen LogP contribution in [0.3, 0.4) is 0 Å². The number of phenolic OH excluding ortho intramolecular Hbond substituents is 1. The maximum absolute atomic E-state index is 12.2. The third kappa shape index (κ3) is 3.00. The van der Waals surface area contributed by atoms with Crippen LogP contribution < -0.4 is 4.74 Å². The normalized spacial score (nSPS) is 19.2. The van der Waals surface area contributed by atoms with Crippen LogP contribution in [0.15, 0.2) is 29.5 Å². The Morgan fingerprint density at radius 1 is 1.39 bits per heavy atom. The minimum absolute atomic E-state index is 0.0385. The highest BCUT2D eigenvalue weighted by Crippen LogP contribution is 2.40. The fourth-order valence-electron chi connectivity index (χ4n) is 2.70. The lowest BCUT2D eigenvalue weighted by molar-refractivity contribution is -0.130. The average Bonchev–Trinajstić information content (AvgIpc) is 2.72. The quantitative estimate of drug-likeness (QED) is 0.749. The predicted molar refractivity (Wildman–Crippen MR) is 81.1 cm³/mol. The van der Waals surface area contributed by atoms with E-state index in [0.717, 1.165) is 0 Å². The maximum atomic E-state index is 12.2. The summed E-state index contributed by atoms with van der Waals surface area (Å²) in [5.41, 5.74) is 0.450. The van der Waals surface area contributed by atoms with Crippen LogP contribution in [0.4, 0.5) is 0 Å². The number of β-amino-alcohol motifs (C(OH)–C–C–N with tert-alkyl or cyclic N) is 1. The highest BCUT2D eigenvalue weighted by Gasteiger charge is 2.42. The summed E-state index contributed by atoms with van der Waals surface area (Å²) >= 11 is 0. The molecular formula is C16H19NO6. The highest BCUT2D eigenvalue weighted by atomic mass is 16.5. The number of aliphatic hydroxyl groups excluding tert-OH is 2. The van der Waals surface area contributed by atoms with Crippen molar-refractivity contribution in [2.75, 3.05) is 13.7 Å². The zero-order valence-corrected chi connectivity index (χ0v) is 13.1. The van der Waals surface area contributed by atoms with Gasteiger partial charge in [0.05, 0.1) is 24.8 Å². The third-order valence-electron chi connectivity index (χ3n) is 3.66. The minimum Gasteiger partial charge on any atom is -0.504 e. The van der Waals surface area contributed by atoms with E-state index in [-0.39, 0.29) is 23.6 Å². The molecule has 0 spiro atoms. The zero-order chi connectivity index (χ0) is 17.3. The van der Waals surface area contributed by atoms with Crippen molar-refractivity contribution < 1.29 is 29.6 Å². The van der Waals surface area contributed by atoms with E-state index in [1.165, 1.54) is 44.1 Å². The van der Waals surface area contributed by atoms with Crippen molar-refractivity contribution in [3.05, 3.63) is 35.1 Å². The number of hydrogen-bond donors (Lipinski definition) is 3. The van der Waals surface area contributed by atoms with Gasteiger partial charge in [0, 0.05) is 6.54 Å². The summed E-state index contributed by atoms with van der Waals surface area (Å²) in [4.78, 5) is 25.4. The van der Waals surface area contributed by atoms with Gasteiger partial charge in [-0.25, -0.2) is 0 Å². The molecule has 2 atom stereocenters. The molecule has 3 N–H and O–H groups in total. The smallest absolute Gasteiger partial charge is 0.290 e. The Morgan fingerprint density at radius 3 is 2.57 bits per heavy atom. The first-order valence-electron chi connectivity index (χ1n) is 7.08. The number of rotatable bonds is 5. The summed E-state index contributed by atoms with van der Waals surface area (Å²) in [5, 5.41) is 29.3. The summed E-state index contributed by atoms with van der Waals surface area (Å²) < 4.78 is 5.04. The Balaban J connectivity index is 2.57. The topological polar surface area (TPSA) is 107 Å². The van der Waals surface area contributed by atoms with Gasteiger partial charge in [-0.05, 0) is 31.5 Å². The van der Waals surface area contributed by atoms with E-state index in [1.54, 1.807) is 0 Å². The zero-order valence-electron chi connectivity index (χ0n) is 13.1. The SMILES string of the molecule is COc1cc([C@H]2C(C(C)=O)=C(O)C(=O)N2C[C@H](C)O)ccc1O. The van der Waals surface area contributed by atoms with Gasteiger partial charge in [0.2, 0.25) is 0 Å². The molecule has 1 aromatic rings. The van der Waals surface area contributed by atoms with E-state index >= 15 is 0 Å². The van der Waals surface area contributed by atoms with Crippen LogP contribution in [0.25, 0.3) is 0 Å². The van der Waals surface area contributed by atoms with Crippen LogP contribution in [0, 0.1) is 0 Å². The monoisotopic (exact) mass is 321 g/mol. The van der Waals surface area contributed by atoms with Crippen molar-refractivity contribution in [2.45, 2.75) is 26.0 Å². The number of nitrogens with zero attached hydrogens (tertiary/aromatic N) is 1. The molecule has 0 radical (unpaired) electrons. The number of carbonyl (C=O) groups excluding carboxylic acids is 2. The van der Waals surface area contributed by atoms with Gasteiger partial charge in [-0.3, -0.25) is 9.59 Å². The number of ketones is 1. The van der Waals surface area contributed by atoms with E-state index in [9.17, 15) is 24.9 Å². The van der Waals surface area contributed by atoms with E-state index in [4.69, 9.17) is 4.74 Å². The largest absolute Gasteiger partial charge is 0.504 e. The van der Waals surface area contributed by atoms with Gasteiger partial charge in [0.1, 0.15) is 0 Å². The van der Waals surface area contributed by atoms with Crippen LogP contribution in [-0.4, -0.2) is 51.7 Å². The molecule has 23 heavy (non-hydrogen) atoms. The van der Waals surface area contributed by atoms with Crippen molar-refractivity contribution in [1.82, 2.24) is 4.90 Å². The van der Waals surface area contributed by atoms with Gasteiger partial charge < -0.3 is 25.0 Å². The Kier molecular flexibility index (Phi) is 4.60. The highest BCUT2D eigenvalue weighted by molar-refractivity contribution is 6.08. The molecule has 1 aliphatic heterocycles. The van der Waals surface area contributed by atoms with Crippen LogP contribution in [0.2, 0.25) is 0 Å². The number of hydrogen-bond acceptors (Lipinski definition) is 6. The molecule has 1 aromatic carbocycles. The number of phenols is 1. The van der Waals surface area contributed by atoms with E-state index in [0.29, 0.717) is 5.56 Å². The fourth-order valence-corrected chi connectivity index (χ4v) is 2.70. The van der Waals surface area contributed by atoms with Crippen molar-refractivity contribution in [1.29, 1.82) is 0 Å². The van der Waals surface area contributed by atoms with Gasteiger partial charge in [-0.1, -0.05) is 6.07 Å². The summed E-state index contributed by atoms with van der Waals surface area (Å²) in [5.74, 6) is -1.68. The molecule has 0 aliphatic carbocycles. The van der Waals surface area contributed by atoms with Crippen molar-refractivity contribution in [3.63, 3.8) is 0 Å². The number of aromatic hydroxyl groups is 1. The van der Waals surface area contributed by atoms with E-state index in [1.807, 2.05) is 0 Å². The number of methoxy groups -OCH3 is 1. The number of amides is 1. The predicted octanol–water partition coefficient (Wildman–Crippen LogP) is 1.07. The molecule has 0 unspecified atom stereocenters. The summed E-state index contributed by atoms with van der Waals surface area (Å²) in [6, 6.07) is 3.56. The number of benzene rings is 1.